The number of fused-ring (bicyclic) bond motifs is 2. The number of hydrogen-bond donors (Lipinski definition) is 4. The molecule has 0 spiro atoms. The molecule has 0 atom stereocenters. The maximum Gasteiger partial charge on any atom is 0.294 e. The summed E-state index contributed by atoms with van der Waals surface area (Å²) in [6.07, 6.45) is 0. The molecule has 1 amide bonds. The Morgan fingerprint density at radius 1 is 0.622 bits per heavy atom. The fourth-order valence-corrected chi connectivity index (χ4v) is 5.26. The van der Waals surface area contributed by atoms with E-state index in [1.807, 2.05) is 0 Å². The van der Waals surface area contributed by atoms with E-state index >= 15 is 0 Å². The van der Waals surface area contributed by atoms with Gasteiger partial charge in [0.05, 0.1) is 32.5 Å². The van der Waals surface area contributed by atoms with Crippen molar-refractivity contribution in [2.24, 2.45) is 20.5 Å². The Morgan fingerprint density at radius 2 is 1.07 bits per heavy atom. The molecule has 0 aliphatic rings. The number of nitrogens with one attached hydrogen (secondary N) is 1. The molecule has 0 bridgehead atoms. The summed E-state index contributed by atoms with van der Waals surface area (Å²) in [4.78, 5) is 10.6. The molecule has 5 aromatic rings. The largest absolute Gasteiger partial charge is 0.398 e. The van der Waals surface area contributed by atoms with Crippen molar-refractivity contribution in [3.63, 3.8) is 0 Å². The van der Waals surface area contributed by atoms with E-state index < -0.39 is 20.2 Å². The second kappa shape index (κ2) is 14.6. The van der Waals surface area contributed by atoms with Crippen molar-refractivity contribution in [2.45, 2.75) is 16.7 Å². The van der Waals surface area contributed by atoms with Crippen molar-refractivity contribution in [1.82, 2.24) is 0 Å². The average Bonchev–Trinajstić information content (AvgIpc) is 2.95. The van der Waals surface area contributed by atoms with E-state index in [1.165, 1.54) is 49.4 Å². The Hall–Kier alpha value is -3.09. The zero-order valence-corrected chi connectivity index (χ0v) is 29.8. The Morgan fingerprint density at radius 3 is 1.58 bits per heavy atom. The van der Waals surface area contributed by atoms with E-state index in [0.29, 0.717) is 44.3 Å². The second-order valence-electron chi connectivity index (χ2n) is 9.27. The maximum atomic E-state index is 11.9. The van der Waals surface area contributed by atoms with Gasteiger partial charge in [0.2, 0.25) is 5.91 Å². The zero-order valence-electron chi connectivity index (χ0n) is 24.2. The summed E-state index contributed by atoms with van der Waals surface area (Å²) >= 11 is 0. The Bertz CT molecular complexity index is 2210. The van der Waals surface area contributed by atoms with Crippen LogP contribution in [0, 0.1) is 0 Å². The number of rotatable bonds is 7. The number of benzene rings is 5. The average molecular weight is 665 g/mol. The predicted octanol–water partition coefficient (Wildman–Crippen LogP) is 6.10. The molecule has 0 aliphatic heterocycles. The Labute approximate surface area is 302 Å². The topological polar surface area (TPSA) is 213 Å². The quantitative estimate of drug-likeness (QED) is 0.0689. The van der Waals surface area contributed by atoms with Gasteiger partial charge in [-0.25, -0.2) is 0 Å². The summed E-state index contributed by atoms with van der Waals surface area (Å²) in [7, 11) is -8.99. The van der Waals surface area contributed by atoms with Crippen LogP contribution in [0.5, 0.6) is 0 Å². The molecule has 5 aromatic carbocycles. The molecular weight excluding hydrogens is 642 g/mol. The van der Waals surface area contributed by atoms with Crippen molar-refractivity contribution in [3.05, 3.63) is 84.9 Å². The first kappa shape index (κ1) is 36.4. The normalized spacial score (nSPS) is 11.9. The molecular formula is C28H22N6Na2O7S2. The van der Waals surface area contributed by atoms with Gasteiger partial charge in [-0.2, -0.15) is 21.9 Å². The SMILES string of the molecule is CC(=O)Nc1ccc(N=Nc2ccc(N=Nc3ccc(N)c4cc(S(=O)(=O)O)ccc34)c3ccc(S(=O)(=O)O)cc23)cc1.[Na].[Na]. The first-order valence-corrected chi connectivity index (χ1v) is 15.2. The van der Waals surface area contributed by atoms with E-state index in [2.05, 4.69) is 25.8 Å². The van der Waals surface area contributed by atoms with E-state index in [0.717, 1.165) is 0 Å². The van der Waals surface area contributed by atoms with Crippen LogP contribution in [0.2, 0.25) is 0 Å². The summed E-state index contributed by atoms with van der Waals surface area (Å²) in [6, 6.07) is 20.7. The predicted molar refractivity (Wildman–Crippen MR) is 173 cm³/mol. The summed E-state index contributed by atoms with van der Waals surface area (Å²) in [5.41, 5.74) is 8.29. The number of nitrogens with zero attached hydrogens (tertiary/aromatic N) is 4. The number of azo groups is 2. The molecule has 0 saturated heterocycles. The molecule has 220 valence electrons. The van der Waals surface area contributed by atoms with Crippen molar-refractivity contribution >= 4 is 141 Å². The van der Waals surface area contributed by atoms with Crippen LogP contribution in [0.4, 0.5) is 34.1 Å². The number of nitrogens with two attached hydrogens (primary N) is 1. The molecule has 5 N–H and O–H groups in total. The van der Waals surface area contributed by atoms with Gasteiger partial charge < -0.3 is 11.1 Å². The molecule has 0 heterocycles. The van der Waals surface area contributed by atoms with Gasteiger partial charge in [0.25, 0.3) is 20.2 Å². The number of carbonyl (C=O) groups excluding carboxylic acids is 1. The van der Waals surface area contributed by atoms with E-state index in [9.17, 15) is 30.7 Å². The number of hydrogen-bond acceptors (Lipinski definition) is 10. The van der Waals surface area contributed by atoms with Crippen molar-refractivity contribution < 1.29 is 30.7 Å². The third-order valence-corrected chi connectivity index (χ3v) is 7.96. The zero-order chi connectivity index (χ0) is 30.9. The summed E-state index contributed by atoms with van der Waals surface area (Å²) < 4.78 is 66.0. The van der Waals surface area contributed by atoms with Crippen molar-refractivity contribution in [3.8, 4) is 0 Å². The number of nitrogen functional groups attached to an aromatic ring is 1. The van der Waals surface area contributed by atoms with Crippen LogP contribution in [0.1, 0.15) is 6.92 Å². The van der Waals surface area contributed by atoms with Gasteiger partial charge in [0, 0.05) is 99.0 Å². The molecule has 0 aliphatic carbocycles. The van der Waals surface area contributed by atoms with Crippen LogP contribution < -0.4 is 11.1 Å². The van der Waals surface area contributed by atoms with Gasteiger partial charge in [-0.15, -0.1) is 15.3 Å². The minimum Gasteiger partial charge on any atom is -0.398 e. The first-order valence-electron chi connectivity index (χ1n) is 12.3. The van der Waals surface area contributed by atoms with Crippen LogP contribution in [0.25, 0.3) is 21.5 Å². The molecule has 2 radical (unpaired) electrons. The van der Waals surface area contributed by atoms with Crippen molar-refractivity contribution in [2.75, 3.05) is 11.1 Å². The van der Waals surface area contributed by atoms with Crippen molar-refractivity contribution in [1.29, 1.82) is 0 Å². The standard InChI is InChI=1S/C28H22N6O7S2.2Na/c1-16(35)30-17-2-4-18(5-3-17)31-32-28-13-12-27(22-9-7-20(15-24(22)28)43(39,40)41)34-33-26-11-10-25(29)23-14-19(42(36,37)38)6-8-21(23)26;;/h2-15H,29H2,1H3,(H,30,35)(H,36,37,38)(H,39,40,41);;. The Balaban J connectivity index is 0.00000276. The van der Waals surface area contributed by atoms with Gasteiger partial charge >= 0.3 is 0 Å². The monoisotopic (exact) mass is 664 g/mol. The van der Waals surface area contributed by atoms with E-state index in [1.54, 1.807) is 42.5 Å². The van der Waals surface area contributed by atoms with Crippen LogP contribution >= 0.6 is 0 Å². The third kappa shape index (κ3) is 8.59. The van der Waals surface area contributed by atoms with Gasteiger partial charge in [0.15, 0.2) is 0 Å². The fraction of sp³-hybridized carbons (Fsp3) is 0.0357. The van der Waals surface area contributed by atoms with Gasteiger partial charge in [-0.05, 0) is 72.8 Å². The Kier molecular flexibility index (Phi) is 11.8. The minimum atomic E-state index is -4.54. The summed E-state index contributed by atoms with van der Waals surface area (Å²) in [6.45, 7) is 1.39. The fourth-order valence-electron chi connectivity index (χ4n) is 4.25. The second-order valence-corrected chi connectivity index (χ2v) is 12.1. The van der Waals surface area contributed by atoms with Gasteiger partial charge in [0.1, 0.15) is 0 Å². The molecule has 5 rings (SSSR count). The van der Waals surface area contributed by atoms with Gasteiger partial charge in [-0.1, -0.05) is 12.1 Å². The smallest absolute Gasteiger partial charge is 0.294 e. The van der Waals surface area contributed by atoms with Crippen LogP contribution in [-0.4, -0.2) is 91.0 Å². The molecule has 0 fully saturated rings. The summed E-state index contributed by atoms with van der Waals surface area (Å²) in [5.74, 6) is -0.219. The minimum absolute atomic E-state index is 0. The van der Waals surface area contributed by atoms with E-state index in [-0.39, 0.29) is 86.2 Å². The number of anilines is 2. The summed E-state index contributed by atoms with van der Waals surface area (Å²) in [5, 5.41) is 21.3. The molecule has 0 aromatic heterocycles. The van der Waals surface area contributed by atoms with Crippen LogP contribution in [0.15, 0.2) is 115 Å². The molecule has 17 heteroatoms. The van der Waals surface area contributed by atoms with E-state index in [4.69, 9.17) is 5.73 Å². The molecule has 45 heavy (non-hydrogen) atoms. The van der Waals surface area contributed by atoms with Crippen LogP contribution in [-0.2, 0) is 25.0 Å². The molecule has 0 unspecified atom stereocenters. The maximum absolute atomic E-state index is 11.9. The van der Waals surface area contributed by atoms with Crippen LogP contribution in [0.3, 0.4) is 0 Å². The molecule has 0 saturated carbocycles. The van der Waals surface area contributed by atoms with Gasteiger partial charge in [-0.3, -0.25) is 13.9 Å². The number of amides is 1. The first-order chi connectivity index (χ1) is 20.3. The number of carbonyl (C=O) groups is 1. The third-order valence-electron chi connectivity index (χ3n) is 6.26. The molecule has 13 nitrogen and oxygen atoms in total.